The Kier molecular flexibility index (Phi) is 6.07. The Hall–Kier alpha value is -0.370. The highest BCUT2D eigenvalue weighted by Crippen LogP contribution is 2.30. The van der Waals surface area contributed by atoms with E-state index >= 15 is 0 Å². The van der Waals surface area contributed by atoms with Crippen LogP contribution in [0.4, 0.5) is 4.79 Å². The lowest BCUT2D eigenvalue weighted by molar-refractivity contribution is -0.113. The molecule has 0 aromatic carbocycles. The highest BCUT2D eigenvalue weighted by atomic mass is 127. The molecule has 6 heteroatoms. The van der Waals surface area contributed by atoms with Crippen molar-refractivity contribution in [2.45, 2.75) is 25.7 Å². The Labute approximate surface area is 134 Å². The molecule has 2 rings (SSSR count). The van der Waals surface area contributed by atoms with Gasteiger partial charge in [0.2, 0.25) is 0 Å². The monoisotopic (exact) mass is 394 g/mol. The zero-order chi connectivity index (χ0) is 14.5. The standard InChI is InChI=1S/C14H23IN2O3/c1-16-6-8-17(9-7-16)14(19)20-10-11-2-4-12(5-3-11)13(15)18/h11-12H,2-10H2,1H3. The van der Waals surface area contributed by atoms with Crippen molar-refractivity contribution < 1.29 is 14.3 Å². The number of halogens is 1. The third kappa shape index (κ3) is 4.58. The van der Waals surface area contributed by atoms with Gasteiger partial charge < -0.3 is 14.5 Å². The molecule has 1 amide bonds. The lowest BCUT2D eigenvalue weighted by atomic mass is 9.83. The minimum absolute atomic E-state index is 0.176. The lowest BCUT2D eigenvalue weighted by Crippen LogP contribution is -2.47. The highest BCUT2D eigenvalue weighted by Gasteiger charge is 2.26. The fourth-order valence-corrected chi connectivity index (χ4v) is 3.45. The molecule has 1 aliphatic carbocycles. The van der Waals surface area contributed by atoms with E-state index in [1.165, 1.54) is 0 Å². The Morgan fingerprint density at radius 1 is 1.10 bits per heavy atom. The van der Waals surface area contributed by atoms with E-state index in [1.54, 1.807) is 4.90 Å². The fourth-order valence-electron chi connectivity index (χ4n) is 2.83. The van der Waals surface area contributed by atoms with Crippen LogP contribution >= 0.6 is 22.6 Å². The van der Waals surface area contributed by atoms with E-state index in [0.717, 1.165) is 51.9 Å². The van der Waals surface area contributed by atoms with Crippen LogP contribution in [0.25, 0.3) is 0 Å². The van der Waals surface area contributed by atoms with Crippen LogP contribution in [-0.4, -0.2) is 59.5 Å². The van der Waals surface area contributed by atoms with Crippen LogP contribution < -0.4 is 0 Å². The largest absolute Gasteiger partial charge is 0.449 e. The molecule has 1 heterocycles. The number of carbonyl (C=O) groups is 2. The number of hydrogen-bond donors (Lipinski definition) is 0. The van der Waals surface area contributed by atoms with Crippen molar-refractivity contribution in [1.82, 2.24) is 9.80 Å². The van der Waals surface area contributed by atoms with Gasteiger partial charge >= 0.3 is 6.09 Å². The van der Waals surface area contributed by atoms with Crippen molar-refractivity contribution in [2.75, 3.05) is 39.8 Å². The number of piperazine rings is 1. The summed E-state index contributed by atoms with van der Waals surface area (Å²) in [6.45, 7) is 3.85. The molecule has 0 unspecified atom stereocenters. The summed E-state index contributed by atoms with van der Waals surface area (Å²) < 4.78 is 5.71. The van der Waals surface area contributed by atoms with Crippen LogP contribution in [0.1, 0.15) is 25.7 Å². The third-order valence-corrected chi connectivity index (χ3v) is 5.25. The van der Waals surface area contributed by atoms with Crippen molar-refractivity contribution in [3.8, 4) is 0 Å². The second-order valence-electron chi connectivity index (χ2n) is 5.89. The third-order valence-electron chi connectivity index (χ3n) is 4.37. The molecule has 0 spiro atoms. The fraction of sp³-hybridized carbons (Fsp3) is 0.857. The molecule has 1 saturated carbocycles. The van der Waals surface area contributed by atoms with Crippen LogP contribution in [-0.2, 0) is 9.53 Å². The minimum atomic E-state index is -0.176. The molecule has 0 aromatic rings. The zero-order valence-electron chi connectivity index (χ0n) is 12.0. The van der Waals surface area contributed by atoms with E-state index in [4.69, 9.17) is 4.74 Å². The van der Waals surface area contributed by atoms with Crippen LogP contribution in [0.3, 0.4) is 0 Å². The molecule has 5 nitrogen and oxygen atoms in total. The van der Waals surface area contributed by atoms with Gasteiger partial charge in [0, 0.05) is 32.1 Å². The highest BCUT2D eigenvalue weighted by molar-refractivity contribution is 14.1. The summed E-state index contributed by atoms with van der Waals surface area (Å²) >= 11 is 1.90. The SMILES string of the molecule is CN1CCN(C(=O)OCC2CCC(C(=O)I)CC2)CC1. The maximum atomic E-state index is 11.9. The van der Waals surface area contributed by atoms with Crippen LogP contribution in [0.2, 0.25) is 0 Å². The van der Waals surface area contributed by atoms with Crippen molar-refractivity contribution in [2.24, 2.45) is 11.8 Å². The molecule has 114 valence electrons. The molecule has 1 aliphatic heterocycles. The Morgan fingerprint density at radius 2 is 1.70 bits per heavy atom. The summed E-state index contributed by atoms with van der Waals surface area (Å²) in [6, 6.07) is 0. The predicted octanol–water partition coefficient (Wildman–Crippen LogP) is 2.14. The first-order chi connectivity index (χ1) is 9.56. The van der Waals surface area contributed by atoms with Gasteiger partial charge in [0.25, 0.3) is 0 Å². The number of hydrogen-bond acceptors (Lipinski definition) is 4. The smallest absolute Gasteiger partial charge is 0.409 e. The first kappa shape index (κ1) is 16.0. The summed E-state index contributed by atoms with van der Waals surface area (Å²) in [5.74, 6) is 0.651. The second-order valence-corrected chi connectivity index (χ2v) is 6.95. The number of nitrogens with zero attached hydrogens (tertiary/aromatic N) is 2. The van der Waals surface area contributed by atoms with E-state index in [2.05, 4.69) is 11.9 Å². The van der Waals surface area contributed by atoms with Gasteiger partial charge in [-0.05, 0) is 61.2 Å². The molecule has 0 aromatic heterocycles. The topological polar surface area (TPSA) is 49.9 Å². The minimum Gasteiger partial charge on any atom is -0.449 e. The molecule has 0 N–H and O–H groups in total. The van der Waals surface area contributed by atoms with E-state index < -0.39 is 0 Å². The summed E-state index contributed by atoms with van der Waals surface area (Å²) in [7, 11) is 2.07. The van der Waals surface area contributed by atoms with Gasteiger partial charge in [-0.2, -0.15) is 0 Å². The number of ether oxygens (including phenoxy) is 1. The Morgan fingerprint density at radius 3 is 2.25 bits per heavy atom. The van der Waals surface area contributed by atoms with E-state index in [0.29, 0.717) is 12.5 Å². The van der Waals surface area contributed by atoms with Gasteiger partial charge in [-0.25, -0.2) is 4.79 Å². The Bertz CT molecular complexity index is 348. The number of carbonyl (C=O) groups excluding carboxylic acids is 2. The zero-order valence-corrected chi connectivity index (χ0v) is 14.2. The van der Waals surface area contributed by atoms with Gasteiger partial charge in [-0.15, -0.1) is 0 Å². The molecular formula is C14H23IN2O3. The summed E-state index contributed by atoms with van der Waals surface area (Å²) in [5, 5.41) is 0. The lowest BCUT2D eigenvalue weighted by Gasteiger charge is -2.32. The number of likely N-dealkylation sites (N-methyl/N-ethyl adjacent to an activating group) is 1. The van der Waals surface area contributed by atoms with Crippen molar-refractivity contribution in [1.29, 1.82) is 0 Å². The van der Waals surface area contributed by atoms with Crippen LogP contribution in [0, 0.1) is 11.8 Å². The molecule has 1 saturated heterocycles. The average molecular weight is 394 g/mol. The quantitative estimate of drug-likeness (QED) is 0.544. The molecular weight excluding hydrogens is 371 g/mol. The average Bonchev–Trinajstić information content (AvgIpc) is 2.46. The van der Waals surface area contributed by atoms with Crippen LogP contribution in [0.15, 0.2) is 0 Å². The summed E-state index contributed by atoms with van der Waals surface area (Å²) in [4.78, 5) is 27.3. The first-order valence-electron chi connectivity index (χ1n) is 7.36. The van der Waals surface area contributed by atoms with E-state index in [-0.39, 0.29) is 15.8 Å². The van der Waals surface area contributed by atoms with Crippen LogP contribution in [0.5, 0.6) is 0 Å². The van der Waals surface area contributed by atoms with Gasteiger partial charge in [-0.3, -0.25) is 4.79 Å². The van der Waals surface area contributed by atoms with Gasteiger partial charge in [0.05, 0.1) is 6.61 Å². The second kappa shape index (κ2) is 7.59. The normalized spacial score (nSPS) is 28.2. The van der Waals surface area contributed by atoms with E-state index in [1.807, 2.05) is 22.6 Å². The van der Waals surface area contributed by atoms with Gasteiger partial charge in [0.1, 0.15) is 0 Å². The molecule has 0 radical (unpaired) electrons. The number of rotatable bonds is 3. The summed E-state index contributed by atoms with van der Waals surface area (Å²) in [6.07, 6.45) is 3.70. The molecule has 20 heavy (non-hydrogen) atoms. The Balaban J connectivity index is 1.65. The maximum absolute atomic E-state index is 11.9. The maximum Gasteiger partial charge on any atom is 0.409 e. The van der Waals surface area contributed by atoms with Gasteiger partial charge in [0.15, 0.2) is 3.79 Å². The molecule has 2 fully saturated rings. The molecule has 2 aliphatic rings. The van der Waals surface area contributed by atoms with Crippen molar-refractivity contribution in [3.63, 3.8) is 0 Å². The van der Waals surface area contributed by atoms with Gasteiger partial charge in [-0.1, -0.05) is 0 Å². The number of amides is 1. The molecule has 0 atom stereocenters. The summed E-state index contributed by atoms with van der Waals surface area (Å²) in [5.41, 5.74) is 0. The van der Waals surface area contributed by atoms with Crippen molar-refractivity contribution >= 4 is 32.5 Å². The molecule has 0 bridgehead atoms. The first-order valence-corrected chi connectivity index (χ1v) is 8.43. The van der Waals surface area contributed by atoms with E-state index in [9.17, 15) is 9.59 Å². The van der Waals surface area contributed by atoms with Crippen molar-refractivity contribution in [3.05, 3.63) is 0 Å². The predicted molar refractivity (Wildman–Crippen MR) is 84.9 cm³/mol.